The summed E-state index contributed by atoms with van der Waals surface area (Å²) in [5, 5.41) is 5.61. The van der Waals surface area contributed by atoms with Crippen molar-refractivity contribution in [3.63, 3.8) is 0 Å². The van der Waals surface area contributed by atoms with E-state index in [9.17, 15) is 4.79 Å². The van der Waals surface area contributed by atoms with E-state index < -0.39 is 6.09 Å². The first-order valence-electron chi connectivity index (χ1n) is 5.72. The SMILES string of the molecule is CNCCNC(=O)Oc1cc(C)c(C)cc1C. The molecule has 1 aromatic rings. The molecule has 0 aliphatic heterocycles. The highest BCUT2D eigenvalue weighted by molar-refractivity contribution is 5.71. The third-order valence-corrected chi connectivity index (χ3v) is 2.64. The van der Waals surface area contributed by atoms with Gasteiger partial charge < -0.3 is 15.4 Å². The Kier molecular flexibility index (Phi) is 4.97. The van der Waals surface area contributed by atoms with Gasteiger partial charge in [0.05, 0.1) is 0 Å². The van der Waals surface area contributed by atoms with E-state index in [2.05, 4.69) is 10.6 Å². The average Bonchev–Trinajstić information content (AvgIpc) is 2.26. The first kappa shape index (κ1) is 13.5. The summed E-state index contributed by atoms with van der Waals surface area (Å²) >= 11 is 0. The highest BCUT2D eigenvalue weighted by Crippen LogP contribution is 2.22. The Balaban J connectivity index is 2.62. The second kappa shape index (κ2) is 6.25. The maximum Gasteiger partial charge on any atom is 0.412 e. The van der Waals surface area contributed by atoms with E-state index in [0.717, 1.165) is 17.7 Å². The molecule has 0 bridgehead atoms. The van der Waals surface area contributed by atoms with Crippen LogP contribution in [0.1, 0.15) is 16.7 Å². The number of likely N-dealkylation sites (N-methyl/N-ethyl adjacent to an activating group) is 1. The normalized spacial score (nSPS) is 10.1. The fraction of sp³-hybridized carbons (Fsp3) is 0.462. The molecule has 0 heterocycles. The fourth-order valence-corrected chi connectivity index (χ4v) is 1.47. The zero-order valence-electron chi connectivity index (χ0n) is 10.9. The van der Waals surface area contributed by atoms with Gasteiger partial charge in [0.2, 0.25) is 0 Å². The molecule has 0 fully saturated rings. The van der Waals surface area contributed by atoms with Gasteiger partial charge in [-0.05, 0) is 50.6 Å². The average molecular weight is 236 g/mol. The molecule has 4 heteroatoms. The monoisotopic (exact) mass is 236 g/mol. The smallest absolute Gasteiger partial charge is 0.410 e. The molecule has 0 saturated carbocycles. The minimum Gasteiger partial charge on any atom is -0.410 e. The van der Waals surface area contributed by atoms with Gasteiger partial charge in [0.15, 0.2) is 0 Å². The van der Waals surface area contributed by atoms with Gasteiger partial charge in [-0.3, -0.25) is 0 Å². The first-order chi connectivity index (χ1) is 8.04. The van der Waals surface area contributed by atoms with Crippen LogP contribution in [0.5, 0.6) is 5.75 Å². The molecule has 2 N–H and O–H groups in total. The minimum absolute atomic E-state index is 0.411. The molecule has 4 nitrogen and oxygen atoms in total. The fourth-order valence-electron chi connectivity index (χ4n) is 1.47. The Bertz CT molecular complexity index is 403. The number of carbonyl (C=O) groups is 1. The van der Waals surface area contributed by atoms with Gasteiger partial charge >= 0.3 is 6.09 Å². The van der Waals surface area contributed by atoms with Crippen LogP contribution in [0.25, 0.3) is 0 Å². The van der Waals surface area contributed by atoms with E-state index in [1.807, 2.05) is 40.0 Å². The lowest BCUT2D eigenvalue weighted by molar-refractivity contribution is 0.200. The van der Waals surface area contributed by atoms with Gasteiger partial charge in [0.25, 0.3) is 0 Å². The summed E-state index contributed by atoms with van der Waals surface area (Å²) in [5.41, 5.74) is 3.29. The summed E-state index contributed by atoms with van der Waals surface area (Å²) in [6, 6.07) is 3.91. The Labute approximate surface area is 102 Å². The quantitative estimate of drug-likeness (QED) is 0.785. The molecule has 0 radical (unpaired) electrons. The maximum absolute atomic E-state index is 11.5. The maximum atomic E-state index is 11.5. The highest BCUT2D eigenvalue weighted by Gasteiger charge is 2.07. The molecule has 17 heavy (non-hydrogen) atoms. The van der Waals surface area contributed by atoms with Crippen molar-refractivity contribution in [2.24, 2.45) is 0 Å². The van der Waals surface area contributed by atoms with Crippen molar-refractivity contribution < 1.29 is 9.53 Å². The molecule has 1 aromatic carbocycles. The molecule has 0 atom stereocenters. The van der Waals surface area contributed by atoms with E-state index in [4.69, 9.17) is 4.74 Å². The lowest BCUT2D eigenvalue weighted by Crippen LogP contribution is -2.32. The highest BCUT2D eigenvalue weighted by atomic mass is 16.6. The van der Waals surface area contributed by atoms with Crippen LogP contribution in [0, 0.1) is 20.8 Å². The van der Waals surface area contributed by atoms with Crippen molar-refractivity contribution in [3.05, 3.63) is 28.8 Å². The van der Waals surface area contributed by atoms with Crippen molar-refractivity contribution in [3.8, 4) is 5.75 Å². The van der Waals surface area contributed by atoms with Gasteiger partial charge in [-0.2, -0.15) is 0 Å². The largest absolute Gasteiger partial charge is 0.412 e. The Morgan fingerprint density at radius 3 is 2.41 bits per heavy atom. The molecule has 1 rings (SSSR count). The van der Waals surface area contributed by atoms with E-state index in [-0.39, 0.29) is 0 Å². The van der Waals surface area contributed by atoms with Gasteiger partial charge in [0.1, 0.15) is 5.75 Å². The van der Waals surface area contributed by atoms with Crippen LogP contribution in [0.4, 0.5) is 4.79 Å². The van der Waals surface area contributed by atoms with Crippen LogP contribution in [0.15, 0.2) is 12.1 Å². The number of hydrogen-bond acceptors (Lipinski definition) is 3. The number of carbonyl (C=O) groups excluding carboxylic acids is 1. The van der Waals surface area contributed by atoms with Crippen LogP contribution < -0.4 is 15.4 Å². The molecular weight excluding hydrogens is 216 g/mol. The summed E-state index contributed by atoms with van der Waals surface area (Å²) in [4.78, 5) is 11.5. The lowest BCUT2D eigenvalue weighted by Gasteiger charge is -2.11. The van der Waals surface area contributed by atoms with Gasteiger partial charge in [0, 0.05) is 13.1 Å². The number of nitrogens with one attached hydrogen (secondary N) is 2. The van der Waals surface area contributed by atoms with Gasteiger partial charge in [-0.15, -0.1) is 0 Å². The topological polar surface area (TPSA) is 50.4 Å². The zero-order chi connectivity index (χ0) is 12.8. The molecular formula is C13H20N2O2. The molecule has 0 saturated heterocycles. The van der Waals surface area contributed by atoms with Gasteiger partial charge in [-0.25, -0.2) is 4.79 Å². The van der Waals surface area contributed by atoms with E-state index in [0.29, 0.717) is 12.3 Å². The third kappa shape index (κ3) is 4.07. The van der Waals surface area contributed by atoms with Crippen molar-refractivity contribution >= 4 is 6.09 Å². The van der Waals surface area contributed by atoms with E-state index in [1.54, 1.807) is 0 Å². The first-order valence-corrected chi connectivity index (χ1v) is 5.72. The van der Waals surface area contributed by atoms with Crippen molar-refractivity contribution in [2.75, 3.05) is 20.1 Å². The second-order valence-corrected chi connectivity index (χ2v) is 4.12. The summed E-state index contributed by atoms with van der Waals surface area (Å²) in [6.07, 6.45) is -0.411. The summed E-state index contributed by atoms with van der Waals surface area (Å²) in [6.45, 7) is 7.25. The van der Waals surface area contributed by atoms with Gasteiger partial charge in [-0.1, -0.05) is 6.07 Å². The zero-order valence-corrected chi connectivity index (χ0v) is 10.9. The minimum atomic E-state index is -0.411. The Morgan fingerprint density at radius 2 is 1.76 bits per heavy atom. The molecule has 0 aliphatic carbocycles. The number of amides is 1. The van der Waals surface area contributed by atoms with Crippen molar-refractivity contribution in [1.29, 1.82) is 0 Å². The van der Waals surface area contributed by atoms with E-state index in [1.165, 1.54) is 5.56 Å². The number of ether oxygens (including phenoxy) is 1. The van der Waals surface area contributed by atoms with Crippen LogP contribution in [0.2, 0.25) is 0 Å². The summed E-state index contributed by atoms with van der Waals surface area (Å²) < 4.78 is 5.25. The number of hydrogen-bond donors (Lipinski definition) is 2. The molecule has 0 aliphatic rings. The number of rotatable bonds is 4. The molecule has 94 valence electrons. The summed E-state index contributed by atoms with van der Waals surface area (Å²) in [7, 11) is 1.83. The molecule has 1 amide bonds. The summed E-state index contributed by atoms with van der Waals surface area (Å²) in [5.74, 6) is 0.620. The number of benzene rings is 1. The van der Waals surface area contributed by atoms with Crippen LogP contribution in [0.3, 0.4) is 0 Å². The van der Waals surface area contributed by atoms with Crippen LogP contribution in [-0.4, -0.2) is 26.2 Å². The Hall–Kier alpha value is -1.55. The van der Waals surface area contributed by atoms with Crippen molar-refractivity contribution in [1.82, 2.24) is 10.6 Å². The standard InChI is InChI=1S/C13H20N2O2/c1-9-7-11(3)12(8-10(9)2)17-13(16)15-6-5-14-4/h7-8,14H,5-6H2,1-4H3,(H,15,16). The second-order valence-electron chi connectivity index (χ2n) is 4.12. The Morgan fingerprint density at radius 1 is 1.12 bits per heavy atom. The molecule has 0 spiro atoms. The number of aryl methyl sites for hydroxylation is 3. The lowest BCUT2D eigenvalue weighted by atomic mass is 10.1. The predicted molar refractivity (Wildman–Crippen MR) is 68.6 cm³/mol. The van der Waals surface area contributed by atoms with Crippen LogP contribution in [-0.2, 0) is 0 Å². The van der Waals surface area contributed by atoms with Crippen molar-refractivity contribution in [2.45, 2.75) is 20.8 Å². The third-order valence-electron chi connectivity index (χ3n) is 2.64. The molecule has 0 aromatic heterocycles. The molecule has 0 unspecified atom stereocenters. The van der Waals surface area contributed by atoms with Crippen LogP contribution >= 0.6 is 0 Å². The predicted octanol–water partition coefficient (Wildman–Crippen LogP) is 1.92. The van der Waals surface area contributed by atoms with E-state index >= 15 is 0 Å².